The standard InChI is InChI=1S/C13H12Cl2N2O/c14-9-4-3-6-11(13(9)15)18-12(8-16)10-5-1-2-7-17-10/h1-7,12H,8,16H2. The van der Waals surface area contributed by atoms with E-state index in [1.165, 1.54) is 0 Å². The van der Waals surface area contributed by atoms with Gasteiger partial charge in [0, 0.05) is 12.7 Å². The fraction of sp³-hybridized carbons (Fsp3) is 0.154. The molecule has 1 unspecified atom stereocenters. The Balaban J connectivity index is 2.24. The van der Waals surface area contributed by atoms with Crippen molar-refractivity contribution in [2.45, 2.75) is 6.10 Å². The summed E-state index contributed by atoms with van der Waals surface area (Å²) in [4.78, 5) is 4.22. The van der Waals surface area contributed by atoms with Gasteiger partial charge in [-0.2, -0.15) is 0 Å². The number of ether oxygens (including phenoxy) is 1. The highest BCUT2D eigenvalue weighted by Gasteiger charge is 2.15. The SMILES string of the molecule is NCC(Oc1cccc(Cl)c1Cl)c1ccccn1. The van der Waals surface area contributed by atoms with Crippen molar-refractivity contribution in [3.63, 3.8) is 0 Å². The molecule has 3 nitrogen and oxygen atoms in total. The van der Waals surface area contributed by atoms with Gasteiger partial charge in [-0.3, -0.25) is 4.98 Å². The van der Waals surface area contributed by atoms with Crippen LogP contribution in [-0.2, 0) is 0 Å². The van der Waals surface area contributed by atoms with Crippen molar-refractivity contribution >= 4 is 23.2 Å². The fourth-order valence-corrected chi connectivity index (χ4v) is 1.86. The summed E-state index contributed by atoms with van der Waals surface area (Å²) >= 11 is 12.0. The van der Waals surface area contributed by atoms with E-state index < -0.39 is 0 Å². The highest BCUT2D eigenvalue weighted by atomic mass is 35.5. The van der Waals surface area contributed by atoms with Crippen molar-refractivity contribution in [3.05, 3.63) is 58.3 Å². The molecule has 5 heteroatoms. The van der Waals surface area contributed by atoms with E-state index in [1.807, 2.05) is 18.2 Å². The molecule has 1 heterocycles. The van der Waals surface area contributed by atoms with Crippen molar-refractivity contribution in [1.29, 1.82) is 0 Å². The highest BCUT2D eigenvalue weighted by molar-refractivity contribution is 6.42. The number of benzene rings is 1. The first kappa shape index (κ1) is 13.1. The molecule has 2 aromatic rings. The van der Waals surface area contributed by atoms with Crippen LogP contribution in [0, 0.1) is 0 Å². The third-order valence-corrected chi connectivity index (χ3v) is 3.22. The molecule has 0 fully saturated rings. The second-order valence-corrected chi connectivity index (χ2v) is 4.43. The van der Waals surface area contributed by atoms with Crippen molar-refractivity contribution in [1.82, 2.24) is 4.98 Å². The van der Waals surface area contributed by atoms with E-state index >= 15 is 0 Å². The maximum absolute atomic E-state index is 6.06. The summed E-state index contributed by atoms with van der Waals surface area (Å²) < 4.78 is 5.76. The van der Waals surface area contributed by atoms with Crippen molar-refractivity contribution in [2.24, 2.45) is 5.73 Å². The van der Waals surface area contributed by atoms with Crippen LogP contribution < -0.4 is 10.5 Å². The van der Waals surface area contributed by atoms with Crippen molar-refractivity contribution < 1.29 is 4.74 Å². The lowest BCUT2D eigenvalue weighted by atomic mass is 10.2. The molecule has 0 aliphatic carbocycles. The van der Waals surface area contributed by atoms with Crippen LogP contribution in [0.25, 0.3) is 0 Å². The summed E-state index contributed by atoms with van der Waals surface area (Å²) in [7, 11) is 0. The minimum absolute atomic E-state index is 0.305. The molecular formula is C13H12Cl2N2O. The van der Waals surface area contributed by atoms with Crippen LogP contribution in [0.1, 0.15) is 11.8 Å². The number of rotatable bonds is 4. The van der Waals surface area contributed by atoms with E-state index in [9.17, 15) is 0 Å². The fourth-order valence-electron chi connectivity index (χ4n) is 1.52. The molecule has 0 saturated heterocycles. The Kier molecular flexibility index (Phi) is 4.42. The summed E-state index contributed by atoms with van der Waals surface area (Å²) in [5.41, 5.74) is 6.46. The first-order valence-corrected chi connectivity index (χ1v) is 6.19. The Labute approximate surface area is 115 Å². The van der Waals surface area contributed by atoms with E-state index in [0.717, 1.165) is 5.69 Å². The Hall–Kier alpha value is -1.29. The largest absolute Gasteiger partial charge is 0.481 e. The van der Waals surface area contributed by atoms with Crippen LogP contribution in [-0.4, -0.2) is 11.5 Å². The Bertz CT molecular complexity index is 520. The van der Waals surface area contributed by atoms with Gasteiger partial charge in [0.2, 0.25) is 0 Å². The van der Waals surface area contributed by atoms with Gasteiger partial charge in [-0.15, -0.1) is 0 Å². The third-order valence-electron chi connectivity index (χ3n) is 2.42. The van der Waals surface area contributed by atoms with Gasteiger partial charge in [-0.1, -0.05) is 35.3 Å². The molecule has 0 spiro atoms. The minimum atomic E-state index is -0.345. The van der Waals surface area contributed by atoms with Crippen molar-refractivity contribution in [3.8, 4) is 5.75 Å². The minimum Gasteiger partial charge on any atom is -0.481 e. The smallest absolute Gasteiger partial charge is 0.153 e. The van der Waals surface area contributed by atoms with E-state index in [4.69, 9.17) is 33.7 Å². The van der Waals surface area contributed by atoms with Gasteiger partial charge in [0.25, 0.3) is 0 Å². The van der Waals surface area contributed by atoms with Gasteiger partial charge in [0.15, 0.2) is 6.10 Å². The number of hydrogen-bond acceptors (Lipinski definition) is 3. The van der Waals surface area contributed by atoms with Crippen LogP contribution in [0.4, 0.5) is 0 Å². The summed E-state index contributed by atoms with van der Waals surface area (Å²) in [6.45, 7) is 0.305. The number of hydrogen-bond donors (Lipinski definition) is 1. The second-order valence-electron chi connectivity index (χ2n) is 3.65. The molecule has 1 aromatic heterocycles. The molecule has 1 atom stereocenters. The summed E-state index contributed by atoms with van der Waals surface area (Å²) in [5.74, 6) is 0.505. The number of aromatic nitrogens is 1. The van der Waals surface area contributed by atoms with E-state index in [2.05, 4.69) is 4.98 Å². The number of nitrogens with zero attached hydrogens (tertiary/aromatic N) is 1. The predicted octanol–water partition coefficient (Wildman–Crippen LogP) is 3.47. The van der Waals surface area contributed by atoms with Gasteiger partial charge < -0.3 is 10.5 Å². The molecule has 0 saturated carbocycles. The number of halogens is 2. The zero-order chi connectivity index (χ0) is 13.0. The summed E-state index contributed by atoms with van der Waals surface area (Å²) in [6.07, 6.45) is 1.35. The zero-order valence-corrected chi connectivity index (χ0v) is 11.0. The molecule has 0 amide bonds. The van der Waals surface area contributed by atoms with Crippen molar-refractivity contribution in [2.75, 3.05) is 6.54 Å². The first-order chi connectivity index (χ1) is 8.72. The summed E-state index contributed by atoms with van der Waals surface area (Å²) in [6, 6.07) is 10.8. The molecule has 2 N–H and O–H groups in total. The molecule has 1 aromatic carbocycles. The molecule has 0 aliphatic heterocycles. The van der Waals surface area contributed by atoms with Crippen LogP contribution >= 0.6 is 23.2 Å². The van der Waals surface area contributed by atoms with Gasteiger partial charge in [0.1, 0.15) is 10.8 Å². The lowest BCUT2D eigenvalue weighted by molar-refractivity contribution is 0.209. The van der Waals surface area contributed by atoms with E-state index in [1.54, 1.807) is 24.4 Å². The third kappa shape index (κ3) is 2.93. The molecule has 18 heavy (non-hydrogen) atoms. The summed E-state index contributed by atoms with van der Waals surface area (Å²) in [5, 5.41) is 0.833. The van der Waals surface area contributed by atoms with Gasteiger partial charge in [-0.05, 0) is 24.3 Å². The normalized spacial score (nSPS) is 12.2. The molecule has 0 aliphatic rings. The average Bonchev–Trinajstić information content (AvgIpc) is 2.41. The molecule has 0 radical (unpaired) electrons. The maximum Gasteiger partial charge on any atom is 0.153 e. The Morgan fingerprint density at radius 1 is 1.17 bits per heavy atom. The first-order valence-electron chi connectivity index (χ1n) is 5.44. The zero-order valence-electron chi connectivity index (χ0n) is 9.51. The van der Waals surface area contributed by atoms with Crippen LogP contribution in [0.5, 0.6) is 5.75 Å². The number of nitrogens with two attached hydrogens (primary N) is 1. The monoisotopic (exact) mass is 282 g/mol. The van der Waals surface area contributed by atoms with Crippen LogP contribution in [0.3, 0.4) is 0 Å². The molecule has 2 rings (SSSR count). The Morgan fingerprint density at radius 3 is 2.67 bits per heavy atom. The van der Waals surface area contributed by atoms with Crippen LogP contribution in [0.2, 0.25) is 10.0 Å². The average molecular weight is 283 g/mol. The number of pyridine rings is 1. The Morgan fingerprint density at radius 2 is 2.00 bits per heavy atom. The topological polar surface area (TPSA) is 48.1 Å². The highest BCUT2D eigenvalue weighted by Crippen LogP contribution is 2.33. The lowest BCUT2D eigenvalue weighted by Gasteiger charge is -2.18. The second kappa shape index (κ2) is 6.05. The predicted molar refractivity (Wildman–Crippen MR) is 73.1 cm³/mol. The molecule has 94 valence electrons. The van der Waals surface area contributed by atoms with Gasteiger partial charge in [0.05, 0.1) is 10.7 Å². The maximum atomic E-state index is 6.06. The van der Waals surface area contributed by atoms with Crippen LogP contribution in [0.15, 0.2) is 42.6 Å². The van der Waals surface area contributed by atoms with Gasteiger partial charge >= 0.3 is 0 Å². The molecule has 0 bridgehead atoms. The van der Waals surface area contributed by atoms with E-state index in [0.29, 0.717) is 22.3 Å². The van der Waals surface area contributed by atoms with Gasteiger partial charge in [-0.25, -0.2) is 0 Å². The quantitative estimate of drug-likeness (QED) is 0.934. The molecular weight excluding hydrogens is 271 g/mol. The lowest BCUT2D eigenvalue weighted by Crippen LogP contribution is -2.19. The van der Waals surface area contributed by atoms with E-state index in [-0.39, 0.29) is 6.10 Å².